The summed E-state index contributed by atoms with van der Waals surface area (Å²) < 4.78 is 5.28. The van der Waals surface area contributed by atoms with Crippen LogP contribution in [0.15, 0.2) is 36.4 Å². The molecule has 0 aliphatic heterocycles. The number of rotatable bonds is 7. The van der Waals surface area contributed by atoms with Crippen molar-refractivity contribution < 1.29 is 14.3 Å². The first kappa shape index (κ1) is 20.5. The highest BCUT2D eigenvalue weighted by Gasteiger charge is 2.13. The Hall–Kier alpha value is -2.86. The Labute approximate surface area is 160 Å². The van der Waals surface area contributed by atoms with Gasteiger partial charge in [-0.05, 0) is 50.1 Å². The van der Waals surface area contributed by atoms with Gasteiger partial charge in [-0.1, -0.05) is 23.8 Å². The Kier molecular flexibility index (Phi) is 6.96. The summed E-state index contributed by atoms with van der Waals surface area (Å²) >= 11 is 0. The number of methoxy groups -OCH3 is 1. The van der Waals surface area contributed by atoms with Crippen molar-refractivity contribution in [1.82, 2.24) is 5.32 Å². The Morgan fingerprint density at radius 1 is 1.07 bits per heavy atom. The summed E-state index contributed by atoms with van der Waals surface area (Å²) in [5.74, 6) is 0.159. The third-order valence-electron chi connectivity index (χ3n) is 4.26. The Balaban J connectivity index is 2.02. The van der Waals surface area contributed by atoms with Crippen LogP contribution in [0.1, 0.15) is 36.6 Å². The molecule has 2 aromatic rings. The van der Waals surface area contributed by atoms with Crippen LogP contribution in [0.3, 0.4) is 0 Å². The van der Waals surface area contributed by atoms with Crippen molar-refractivity contribution >= 4 is 23.2 Å². The quantitative estimate of drug-likeness (QED) is 0.697. The van der Waals surface area contributed by atoms with Gasteiger partial charge in [0, 0.05) is 18.7 Å². The van der Waals surface area contributed by atoms with Crippen molar-refractivity contribution in [1.29, 1.82) is 0 Å². The van der Waals surface area contributed by atoms with Gasteiger partial charge in [-0.3, -0.25) is 9.59 Å². The van der Waals surface area contributed by atoms with E-state index in [0.29, 0.717) is 17.1 Å². The molecule has 6 nitrogen and oxygen atoms in total. The smallest absolute Gasteiger partial charge is 0.238 e. The summed E-state index contributed by atoms with van der Waals surface area (Å²) in [6.45, 7) is 7.73. The predicted octanol–water partition coefficient (Wildman–Crippen LogP) is 3.56. The Morgan fingerprint density at radius 2 is 1.81 bits per heavy atom. The largest absolute Gasteiger partial charge is 0.495 e. The van der Waals surface area contributed by atoms with Gasteiger partial charge in [0.05, 0.1) is 19.3 Å². The number of aryl methyl sites for hydroxylation is 2. The predicted molar refractivity (Wildman–Crippen MR) is 108 cm³/mol. The number of carbonyl (C=O) groups is 2. The minimum Gasteiger partial charge on any atom is -0.495 e. The van der Waals surface area contributed by atoms with Gasteiger partial charge in [0.2, 0.25) is 11.8 Å². The minimum atomic E-state index is -0.189. The number of benzene rings is 2. The number of carbonyl (C=O) groups excluding carboxylic acids is 2. The average molecular weight is 369 g/mol. The molecular formula is C21H27N3O3. The van der Waals surface area contributed by atoms with Crippen molar-refractivity contribution in [3.8, 4) is 5.75 Å². The number of hydrogen-bond donors (Lipinski definition) is 3. The lowest BCUT2D eigenvalue weighted by Gasteiger charge is -2.18. The van der Waals surface area contributed by atoms with Crippen LogP contribution in [0, 0.1) is 13.8 Å². The van der Waals surface area contributed by atoms with Crippen LogP contribution in [-0.4, -0.2) is 25.5 Å². The third-order valence-corrected chi connectivity index (χ3v) is 4.26. The molecule has 0 unspecified atom stereocenters. The molecule has 1 atom stereocenters. The molecule has 2 amide bonds. The van der Waals surface area contributed by atoms with E-state index >= 15 is 0 Å². The zero-order chi connectivity index (χ0) is 20.0. The molecule has 6 heteroatoms. The molecule has 0 aliphatic rings. The second-order valence-corrected chi connectivity index (χ2v) is 6.61. The molecule has 2 aromatic carbocycles. The van der Waals surface area contributed by atoms with Crippen LogP contribution in [0.5, 0.6) is 5.75 Å². The molecule has 2 rings (SSSR count). The maximum atomic E-state index is 12.4. The lowest BCUT2D eigenvalue weighted by Crippen LogP contribution is -2.30. The summed E-state index contributed by atoms with van der Waals surface area (Å²) in [5, 5.41) is 8.77. The monoisotopic (exact) mass is 369 g/mol. The van der Waals surface area contributed by atoms with Gasteiger partial charge >= 0.3 is 0 Å². The van der Waals surface area contributed by atoms with Crippen molar-refractivity contribution in [3.05, 3.63) is 53.1 Å². The van der Waals surface area contributed by atoms with Gasteiger partial charge in [0.15, 0.2) is 0 Å². The summed E-state index contributed by atoms with van der Waals surface area (Å²) in [7, 11) is 1.53. The van der Waals surface area contributed by atoms with E-state index in [2.05, 4.69) is 48.0 Å². The average Bonchev–Trinajstić information content (AvgIpc) is 2.61. The SMILES string of the molecule is COc1ccc(NC(C)=O)cc1NC(=O)CN[C@H](C)c1cc(C)ccc1C. The second-order valence-electron chi connectivity index (χ2n) is 6.61. The van der Waals surface area contributed by atoms with Crippen LogP contribution < -0.4 is 20.7 Å². The fourth-order valence-corrected chi connectivity index (χ4v) is 2.86. The molecule has 144 valence electrons. The molecule has 0 saturated heterocycles. The Bertz CT molecular complexity index is 833. The maximum absolute atomic E-state index is 12.4. The fraction of sp³-hybridized carbons (Fsp3) is 0.333. The number of amides is 2. The van der Waals surface area contributed by atoms with E-state index in [0.717, 1.165) is 0 Å². The van der Waals surface area contributed by atoms with Crippen molar-refractivity contribution in [2.75, 3.05) is 24.3 Å². The first-order valence-electron chi connectivity index (χ1n) is 8.86. The topological polar surface area (TPSA) is 79.5 Å². The number of nitrogens with one attached hydrogen (secondary N) is 3. The minimum absolute atomic E-state index is 0.0447. The van der Waals surface area contributed by atoms with E-state index in [4.69, 9.17) is 4.74 Å². The van der Waals surface area contributed by atoms with Gasteiger partial charge < -0.3 is 20.7 Å². The molecule has 0 heterocycles. The zero-order valence-electron chi connectivity index (χ0n) is 16.5. The molecule has 27 heavy (non-hydrogen) atoms. The summed E-state index contributed by atoms with van der Waals surface area (Å²) in [5.41, 5.74) is 4.65. The van der Waals surface area contributed by atoms with E-state index in [9.17, 15) is 9.59 Å². The van der Waals surface area contributed by atoms with Crippen LogP contribution in [0.2, 0.25) is 0 Å². The molecule has 0 bridgehead atoms. The van der Waals surface area contributed by atoms with Gasteiger partial charge in [-0.25, -0.2) is 0 Å². The summed E-state index contributed by atoms with van der Waals surface area (Å²) in [6.07, 6.45) is 0. The standard InChI is InChI=1S/C21H27N3O3/c1-13-6-7-14(2)18(10-13)15(3)22-12-21(26)24-19-11-17(23-16(4)25)8-9-20(19)27-5/h6-11,15,22H,12H2,1-5H3,(H,23,25)(H,24,26)/t15-/m1/s1. The highest BCUT2D eigenvalue weighted by atomic mass is 16.5. The van der Waals surface area contributed by atoms with Crippen molar-refractivity contribution in [2.24, 2.45) is 0 Å². The zero-order valence-corrected chi connectivity index (χ0v) is 16.5. The fourth-order valence-electron chi connectivity index (χ4n) is 2.86. The highest BCUT2D eigenvalue weighted by molar-refractivity contribution is 5.95. The highest BCUT2D eigenvalue weighted by Crippen LogP contribution is 2.28. The van der Waals surface area contributed by atoms with Crippen LogP contribution in [0.25, 0.3) is 0 Å². The molecule has 0 aliphatic carbocycles. The first-order chi connectivity index (χ1) is 12.8. The summed E-state index contributed by atoms with van der Waals surface area (Å²) in [6, 6.07) is 11.4. The second kappa shape index (κ2) is 9.19. The number of ether oxygens (including phenoxy) is 1. The number of hydrogen-bond acceptors (Lipinski definition) is 4. The molecule has 3 N–H and O–H groups in total. The molecular weight excluding hydrogens is 342 g/mol. The van der Waals surface area contributed by atoms with E-state index in [-0.39, 0.29) is 24.4 Å². The van der Waals surface area contributed by atoms with E-state index < -0.39 is 0 Å². The third kappa shape index (κ3) is 5.82. The molecule has 0 aromatic heterocycles. The molecule has 0 radical (unpaired) electrons. The first-order valence-corrected chi connectivity index (χ1v) is 8.86. The van der Waals surface area contributed by atoms with Crippen LogP contribution >= 0.6 is 0 Å². The van der Waals surface area contributed by atoms with Crippen LogP contribution in [0.4, 0.5) is 11.4 Å². The summed E-state index contributed by atoms with van der Waals surface area (Å²) in [4.78, 5) is 23.6. The van der Waals surface area contributed by atoms with E-state index in [1.165, 1.54) is 30.7 Å². The van der Waals surface area contributed by atoms with E-state index in [1.54, 1.807) is 18.2 Å². The maximum Gasteiger partial charge on any atom is 0.238 e. The normalized spacial score (nSPS) is 11.6. The molecule has 0 fully saturated rings. The van der Waals surface area contributed by atoms with Gasteiger partial charge in [-0.15, -0.1) is 0 Å². The van der Waals surface area contributed by atoms with Crippen molar-refractivity contribution in [2.45, 2.75) is 33.7 Å². The van der Waals surface area contributed by atoms with Gasteiger partial charge in [0.1, 0.15) is 5.75 Å². The number of anilines is 2. The molecule has 0 saturated carbocycles. The Morgan fingerprint density at radius 3 is 2.48 bits per heavy atom. The van der Waals surface area contributed by atoms with Crippen molar-refractivity contribution in [3.63, 3.8) is 0 Å². The van der Waals surface area contributed by atoms with Crippen LogP contribution in [-0.2, 0) is 9.59 Å². The van der Waals surface area contributed by atoms with Gasteiger partial charge in [0.25, 0.3) is 0 Å². The lowest BCUT2D eigenvalue weighted by atomic mass is 10.00. The van der Waals surface area contributed by atoms with E-state index in [1.807, 2.05) is 6.92 Å². The lowest BCUT2D eigenvalue weighted by molar-refractivity contribution is -0.115. The van der Waals surface area contributed by atoms with Gasteiger partial charge in [-0.2, -0.15) is 0 Å². The molecule has 0 spiro atoms.